The zero-order valence-corrected chi connectivity index (χ0v) is 13.3. The van der Waals surface area contributed by atoms with Crippen LogP contribution in [0, 0.1) is 5.41 Å². The highest BCUT2D eigenvalue weighted by atomic mass is 32.2. The molecule has 0 atom stereocenters. The van der Waals surface area contributed by atoms with Gasteiger partial charge in [-0.15, -0.1) is 0 Å². The minimum atomic E-state index is 0.0758. The van der Waals surface area contributed by atoms with Crippen molar-refractivity contribution in [2.45, 2.75) is 53.0 Å². The zero-order valence-electron chi connectivity index (χ0n) is 12.5. The van der Waals surface area contributed by atoms with Gasteiger partial charge in [-0.25, -0.2) is 0 Å². The normalized spacial score (nSPS) is 17.6. The molecule has 0 aromatic carbocycles. The molecule has 1 aliphatic rings. The number of rotatable bonds is 5. The number of nitrogens with zero attached hydrogens (tertiary/aromatic N) is 2. The number of aromatic nitrogens is 2. The minimum Gasteiger partial charge on any atom is -0.294 e. The highest BCUT2D eigenvalue weighted by Gasteiger charge is 2.35. The van der Waals surface area contributed by atoms with Crippen molar-refractivity contribution in [2.24, 2.45) is 5.41 Å². The van der Waals surface area contributed by atoms with Crippen molar-refractivity contribution in [3.05, 3.63) is 17.0 Å². The lowest BCUT2D eigenvalue weighted by Crippen LogP contribution is -2.28. The van der Waals surface area contributed by atoms with Crippen molar-refractivity contribution in [1.29, 1.82) is 0 Å². The van der Waals surface area contributed by atoms with E-state index in [0.717, 1.165) is 42.8 Å². The van der Waals surface area contributed by atoms with Crippen molar-refractivity contribution in [2.75, 3.05) is 12.0 Å². The number of carbonyl (C=O) groups is 1. The van der Waals surface area contributed by atoms with Crippen LogP contribution in [-0.4, -0.2) is 27.6 Å². The van der Waals surface area contributed by atoms with Crippen LogP contribution in [-0.2, 0) is 19.4 Å². The number of ketones is 1. The van der Waals surface area contributed by atoms with E-state index in [1.165, 1.54) is 5.69 Å². The first-order chi connectivity index (χ1) is 8.98. The van der Waals surface area contributed by atoms with E-state index in [4.69, 9.17) is 5.10 Å². The smallest absolute Gasteiger partial charge is 0.167 e. The van der Waals surface area contributed by atoms with Gasteiger partial charge in [-0.05, 0) is 30.3 Å². The third kappa shape index (κ3) is 3.04. The molecule has 0 saturated carbocycles. The number of carbonyl (C=O) groups excluding carboxylic acids is 1. The van der Waals surface area contributed by atoms with Crippen LogP contribution >= 0.6 is 11.8 Å². The Morgan fingerprint density at radius 3 is 2.74 bits per heavy atom. The summed E-state index contributed by atoms with van der Waals surface area (Å²) >= 11 is 1.81. The van der Waals surface area contributed by atoms with E-state index >= 15 is 0 Å². The predicted molar refractivity (Wildman–Crippen MR) is 81.0 cm³/mol. The van der Waals surface area contributed by atoms with Crippen LogP contribution in [0.15, 0.2) is 0 Å². The molecule has 0 N–H and O–H groups in total. The quantitative estimate of drug-likeness (QED) is 0.829. The largest absolute Gasteiger partial charge is 0.294 e. The van der Waals surface area contributed by atoms with Gasteiger partial charge in [0.2, 0.25) is 0 Å². The lowest BCUT2D eigenvalue weighted by Gasteiger charge is -2.29. The third-order valence-corrected chi connectivity index (χ3v) is 4.28. The van der Waals surface area contributed by atoms with Crippen molar-refractivity contribution in [3.8, 4) is 0 Å². The van der Waals surface area contributed by atoms with E-state index in [1.807, 2.05) is 11.8 Å². The lowest BCUT2D eigenvalue weighted by atomic mass is 9.75. The van der Waals surface area contributed by atoms with Gasteiger partial charge in [0.25, 0.3) is 0 Å². The fraction of sp³-hybridized carbons (Fsp3) is 0.733. The Kier molecular flexibility index (Phi) is 4.39. The molecule has 4 heteroatoms. The molecule has 0 spiro atoms. The van der Waals surface area contributed by atoms with E-state index < -0.39 is 0 Å². The predicted octanol–water partition coefficient (Wildman–Crippen LogP) is 3.35. The van der Waals surface area contributed by atoms with Gasteiger partial charge in [-0.2, -0.15) is 16.9 Å². The Morgan fingerprint density at radius 1 is 1.37 bits per heavy atom. The Hall–Kier alpha value is -0.770. The van der Waals surface area contributed by atoms with Gasteiger partial charge < -0.3 is 0 Å². The summed E-state index contributed by atoms with van der Waals surface area (Å²) in [6, 6.07) is 0. The SMILES string of the molecule is CCCn1nc(CCSC)c2c1CC(C)(C)CC2=O. The Morgan fingerprint density at radius 2 is 2.11 bits per heavy atom. The molecule has 0 saturated heterocycles. The van der Waals surface area contributed by atoms with Gasteiger partial charge in [0, 0.05) is 19.4 Å². The molecule has 106 valence electrons. The molecule has 2 rings (SSSR count). The van der Waals surface area contributed by atoms with Crippen LogP contribution in [0.3, 0.4) is 0 Å². The molecular formula is C15H24N2OS. The van der Waals surface area contributed by atoms with E-state index in [1.54, 1.807) is 0 Å². The molecular weight excluding hydrogens is 256 g/mol. The molecule has 1 aromatic rings. The summed E-state index contributed by atoms with van der Waals surface area (Å²) in [6.07, 6.45) is 5.70. The Labute approximate surface area is 120 Å². The van der Waals surface area contributed by atoms with Crippen LogP contribution in [0.5, 0.6) is 0 Å². The molecule has 0 unspecified atom stereocenters. The summed E-state index contributed by atoms with van der Waals surface area (Å²) in [6.45, 7) is 7.44. The number of hydrogen-bond donors (Lipinski definition) is 0. The standard InChI is InChI=1S/C15H24N2OS/c1-5-7-17-12-9-15(2,3)10-13(18)14(12)11(16-17)6-8-19-4/h5-10H2,1-4H3. The molecule has 1 aromatic heterocycles. The van der Waals surface area contributed by atoms with E-state index in [-0.39, 0.29) is 5.41 Å². The molecule has 1 heterocycles. The Bertz CT molecular complexity index is 477. The number of hydrogen-bond acceptors (Lipinski definition) is 3. The van der Waals surface area contributed by atoms with Gasteiger partial charge in [-0.1, -0.05) is 20.8 Å². The van der Waals surface area contributed by atoms with Crippen molar-refractivity contribution in [3.63, 3.8) is 0 Å². The second-order valence-electron chi connectivity index (χ2n) is 6.18. The summed E-state index contributed by atoms with van der Waals surface area (Å²) in [5.41, 5.74) is 3.23. The number of aryl methyl sites for hydroxylation is 2. The molecule has 0 fully saturated rings. The molecule has 3 nitrogen and oxygen atoms in total. The summed E-state index contributed by atoms with van der Waals surface area (Å²) in [5.74, 6) is 1.33. The fourth-order valence-electron chi connectivity index (χ4n) is 2.86. The van der Waals surface area contributed by atoms with Gasteiger partial charge >= 0.3 is 0 Å². The summed E-state index contributed by atoms with van der Waals surface area (Å²) in [7, 11) is 0. The number of fused-ring (bicyclic) bond motifs is 1. The first-order valence-electron chi connectivity index (χ1n) is 7.09. The number of thioether (sulfide) groups is 1. The second-order valence-corrected chi connectivity index (χ2v) is 7.16. The van der Waals surface area contributed by atoms with E-state index in [2.05, 4.69) is 31.7 Å². The molecule has 19 heavy (non-hydrogen) atoms. The topological polar surface area (TPSA) is 34.9 Å². The number of Topliss-reactive ketones (excluding diaryl/α,β-unsaturated/α-hetero) is 1. The molecule has 0 bridgehead atoms. The van der Waals surface area contributed by atoms with Crippen molar-refractivity contribution < 1.29 is 4.79 Å². The highest BCUT2D eigenvalue weighted by molar-refractivity contribution is 7.98. The van der Waals surface area contributed by atoms with Crippen molar-refractivity contribution >= 4 is 17.5 Å². The van der Waals surface area contributed by atoms with Crippen LogP contribution < -0.4 is 0 Å². The fourth-order valence-corrected chi connectivity index (χ4v) is 3.26. The Balaban J connectivity index is 2.41. The minimum absolute atomic E-state index is 0.0758. The van der Waals surface area contributed by atoms with Crippen molar-refractivity contribution in [1.82, 2.24) is 9.78 Å². The van der Waals surface area contributed by atoms with E-state index in [9.17, 15) is 4.79 Å². The van der Waals surface area contributed by atoms with Crippen LogP contribution in [0.1, 0.15) is 55.4 Å². The van der Waals surface area contributed by atoms with Gasteiger partial charge in [0.05, 0.1) is 17.0 Å². The summed E-state index contributed by atoms with van der Waals surface area (Å²) in [5, 5.41) is 4.72. The average molecular weight is 280 g/mol. The maximum absolute atomic E-state index is 12.4. The molecule has 0 amide bonds. The maximum atomic E-state index is 12.4. The van der Waals surface area contributed by atoms with Crippen LogP contribution in [0.4, 0.5) is 0 Å². The second kappa shape index (κ2) is 5.70. The highest BCUT2D eigenvalue weighted by Crippen LogP contribution is 2.36. The van der Waals surface area contributed by atoms with Gasteiger partial charge in [0.1, 0.15) is 0 Å². The first-order valence-corrected chi connectivity index (χ1v) is 8.48. The third-order valence-electron chi connectivity index (χ3n) is 3.67. The molecule has 1 aliphatic carbocycles. The molecule has 0 aliphatic heterocycles. The van der Waals surface area contributed by atoms with E-state index in [0.29, 0.717) is 12.2 Å². The lowest BCUT2D eigenvalue weighted by molar-refractivity contribution is 0.0909. The zero-order chi connectivity index (χ0) is 14.0. The maximum Gasteiger partial charge on any atom is 0.167 e. The van der Waals surface area contributed by atoms with Gasteiger partial charge in [-0.3, -0.25) is 9.48 Å². The summed E-state index contributed by atoms with van der Waals surface area (Å²) < 4.78 is 2.09. The van der Waals surface area contributed by atoms with Crippen LogP contribution in [0.25, 0.3) is 0 Å². The molecule has 0 radical (unpaired) electrons. The summed E-state index contributed by atoms with van der Waals surface area (Å²) in [4.78, 5) is 12.4. The monoisotopic (exact) mass is 280 g/mol. The average Bonchev–Trinajstić information content (AvgIpc) is 2.64. The first kappa shape index (κ1) is 14.6. The van der Waals surface area contributed by atoms with Gasteiger partial charge in [0.15, 0.2) is 5.78 Å². The van der Waals surface area contributed by atoms with Crippen LogP contribution in [0.2, 0.25) is 0 Å².